The highest BCUT2D eigenvalue weighted by Crippen LogP contribution is 2.15. The van der Waals surface area contributed by atoms with Crippen LogP contribution in [0.15, 0.2) is 18.2 Å². The fraction of sp³-hybridized carbons (Fsp3) is 0.471. The lowest BCUT2D eigenvalue weighted by Crippen LogP contribution is -2.57. The van der Waals surface area contributed by atoms with Gasteiger partial charge in [-0.1, -0.05) is 6.07 Å². The van der Waals surface area contributed by atoms with Gasteiger partial charge in [0.2, 0.25) is 11.8 Å². The number of benzene rings is 1. The number of methoxy groups -OCH3 is 1. The molecule has 130 valence electrons. The summed E-state index contributed by atoms with van der Waals surface area (Å²) in [6, 6.07) is 5.01. The van der Waals surface area contributed by atoms with E-state index in [2.05, 4.69) is 15.4 Å². The van der Waals surface area contributed by atoms with E-state index in [1.54, 1.807) is 4.90 Å². The zero-order chi connectivity index (χ0) is 17.7. The molecule has 7 heteroatoms. The Morgan fingerprint density at radius 1 is 1.33 bits per heavy atom. The molecule has 0 bridgehead atoms. The van der Waals surface area contributed by atoms with Crippen molar-refractivity contribution in [3.05, 3.63) is 29.3 Å². The van der Waals surface area contributed by atoms with Crippen molar-refractivity contribution in [2.24, 2.45) is 0 Å². The third kappa shape index (κ3) is 4.55. The van der Waals surface area contributed by atoms with Crippen LogP contribution in [0, 0.1) is 13.8 Å². The van der Waals surface area contributed by atoms with Gasteiger partial charge in [-0.3, -0.25) is 19.3 Å². The van der Waals surface area contributed by atoms with Crippen molar-refractivity contribution in [2.75, 3.05) is 32.1 Å². The van der Waals surface area contributed by atoms with Gasteiger partial charge in [0.1, 0.15) is 6.04 Å². The lowest BCUT2D eigenvalue weighted by Gasteiger charge is -2.33. The van der Waals surface area contributed by atoms with E-state index in [1.807, 2.05) is 32.0 Å². The summed E-state index contributed by atoms with van der Waals surface area (Å²) in [5.41, 5.74) is 2.96. The maximum Gasteiger partial charge on any atom is 0.307 e. The third-order valence-corrected chi connectivity index (χ3v) is 4.17. The van der Waals surface area contributed by atoms with Crippen molar-refractivity contribution in [3.8, 4) is 0 Å². The average Bonchev–Trinajstić information content (AvgIpc) is 2.54. The Bertz CT molecular complexity index is 645. The Balaban J connectivity index is 2.00. The van der Waals surface area contributed by atoms with Crippen molar-refractivity contribution in [2.45, 2.75) is 26.3 Å². The highest BCUT2D eigenvalue weighted by Gasteiger charge is 2.33. The molecule has 1 saturated heterocycles. The molecule has 1 aromatic rings. The van der Waals surface area contributed by atoms with Gasteiger partial charge in [0, 0.05) is 18.8 Å². The summed E-state index contributed by atoms with van der Waals surface area (Å²) >= 11 is 0. The Kier molecular flexibility index (Phi) is 5.92. The van der Waals surface area contributed by atoms with Gasteiger partial charge in [0.15, 0.2) is 0 Å². The maximum atomic E-state index is 12.3. The van der Waals surface area contributed by atoms with Crippen LogP contribution in [0.2, 0.25) is 0 Å². The first-order valence-electron chi connectivity index (χ1n) is 7.86. The summed E-state index contributed by atoms with van der Waals surface area (Å²) in [6.07, 6.45) is -0.0702. The number of carbonyl (C=O) groups excluding carboxylic acids is 3. The van der Waals surface area contributed by atoms with Gasteiger partial charge in [-0.15, -0.1) is 0 Å². The molecule has 0 unspecified atom stereocenters. The standard InChI is InChI=1S/C17H23N3O4/c1-11-4-5-13(8-12(11)2)19-15(21)10-20-7-6-18-17(23)14(20)9-16(22)24-3/h4-5,8,14H,6-7,9-10H2,1-3H3,(H,18,23)(H,19,21)/t14-/m1/s1. The van der Waals surface area contributed by atoms with Crippen LogP contribution in [-0.4, -0.2) is 55.5 Å². The van der Waals surface area contributed by atoms with Gasteiger partial charge in [-0.2, -0.15) is 0 Å². The SMILES string of the molecule is COC(=O)C[C@@H]1C(=O)NCCN1CC(=O)Nc1ccc(C)c(C)c1. The minimum Gasteiger partial charge on any atom is -0.469 e. The molecule has 0 saturated carbocycles. The molecule has 0 aliphatic carbocycles. The number of hydrogen-bond donors (Lipinski definition) is 2. The van der Waals surface area contributed by atoms with Crippen molar-refractivity contribution in [1.29, 1.82) is 0 Å². The molecular formula is C17H23N3O4. The molecule has 1 atom stereocenters. The topological polar surface area (TPSA) is 87.7 Å². The molecule has 0 aromatic heterocycles. The zero-order valence-corrected chi connectivity index (χ0v) is 14.2. The van der Waals surface area contributed by atoms with Crippen LogP contribution in [0.4, 0.5) is 5.69 Å². The molecule has 1 aliphatic heterocycles. The van der Waals surface area contributed by atoms with E-state index < -0.39 is 12.0 Å². The number of aryl methyl sites for hydroxylation is 2. The van der Waals surface area contributed by atoms with Crippen LogP contribution in [-0.2, 0) is 19.1 Å². The number of ether oxygens (including phenoxy) is 1. The minimum absolute atomic E-state index is 0.0437. The predicted molar refractivity (Wildman–Crippen MR) is 89.5 cm³/mol. The maximum absolute atomic E-state index is 12.3. The third-order valence-electron chi connectivity index (χ3n) is 4.17. The lowest BCUT2D eigenvalue weighted by atomic mass is 10.1. The van der Waals surface area contributed by atoms with Crippen LogP contribution >= 0.6 is 0 Å². The van der Waals surface area contributed by atoms with Gasteiger partial charge in [0.25, 0.3) is 0 Å². The molecule has 1 heterocycles. The molecule has 7 nitrogen and oxygen atoms in total. The second kappa shape index (κ2) is 7.92. The van der Waals surface area contributed by atoms with E-state index in [0.29, 0.717) is 18.8 Å². The van der Waals surface area contributed by atoms with E-state index in [0.717, 1.165) is 11.1 Å². The predicted octanol–water partition coefficient (Wildman–Crippen LogP) is 0.605. The molecule has 0 spiro atoms. The van der Waals surface area contributed by atoms with Gasteiger partial charge < -0.3 is 15.4 Å². The Morgan fingerprint density at radius 3 is 2.75 bits per heavy atom. The van der Waals surface area contributed by atoms with E-state index in [1.165, 1.54) is 7.11 Å². The molecule has 2 N–H and O–H groups in total. The second-order valence-electron chi connectivity index (χ2n) is 5.90. The van der Waals surface area contributed by atoms with Gasteiger partial charge in [0.05, 0.1) is 20.1 Å². The number of hydrogen-bond acceptors (Lipinski definition) is 5. The molecular weight excluding hydrogens is 310 g/mol. The lowest BCUT2D eigenvalue weighted by molar-refractivity contribution is -0.146. The first kappa shape index (κ1) is 17.9. The molecule has 24 heavy (non-hydrogen) atoms. The van der Waals surface area contributed by atoms with Crippen LogP contribution in [0.1, 0.15) is 17.5 Å². The van der Waals surface area contributed by atoms with Crippen molar-refractivity contribution < 1.29 is 19.1 Å². The average molecular weight is 333 g/mol. The summed E-state index contributed by atoms with van der Waals surface area (Å²) in [4.78, 5) is 37.5. The molecule has 0 radical (unpaired) electrons. The summed E-state index contributed by atoms with van der Waals surface area (Å²) in [6.45, 7) is 4.99. The van der Waals surface area contributed by atoms with Crippen LogP contribution in [0.3, 0.4) is 0 Å². The highest BCUT2D eigenvalue weighted by atomic mass is 16.5. The quantitative estimate of drug-likeness (QED) is 0.771. The van der Waals surface area contributed by atoms with Crippen molar-refractivity contribution in [3.63, 3.8) is 0 Å². The smallest absolute Gasteiger partial charge is 0.307 e. The Hall–Kier alpha value is -2.41. The zero-order valence-electron chi connectivity index (χ0n) is 14.2. The Morgan fingerprint density at radius 2 is 2.08 bits per heavy atom. The van der Waals surface area contributed by atoms with Crippen LogP contribution < -0.4 is 10.6 Å². The summed E-state index contributed by atoms with van der Waals surface area (Å²) in [5, 5.41) is 5.54. The fourth-order valence-corrected chi connectivity index (χ4v) is 2.62. The van der Waals surface area contributed by atoms with Gasteiger partial charge >= 0.3 is 5.97 Å². The number of piperazine rings is 1. The Labute approximate surface area is 141 Å². The summed E-state index contributed by atoms with van der Waals surface area (Å²) < 4.78 is 4.63. The van der Waals surface area contributed by atoms with Crippen molar-refractivity contribution >= 4 is 23.5 Å². The molecule has 1 fully saturated rings. The number of nitrogens with one attached hydrogen (secondary N) is 2. The minimum atomic E-state index is -0.684. The monoisotopic (exact) mass is 333 g/mol. The van der Waals surface area contributed by atoms with Gasteiger partial charge in [-0.05, 0) is 37.1 Å². The van der Waals surface area contributed by atoms with Crippen LogP contribution in [0.5, 0.6) is 0 Å². The number of anilines is 1. The number of amides is 2. The van der Waals surface area contributed by atoms with Gasteiger partial charge in [-0.25, -0.2) is 0 Å². The first-order valence-corrected chi connectivity index (χ1v) is 7.86. The number of esters is 1. The molecule has 2 amide bonds. The number of rotatable bonds is 5. The summed E-state index contributed by atoms with van der Waals surface area (Å²) in [5.74, 6) is -0.954. The van der Waals surface area contributed by atoms with E-state index >= 15 is 0 Å². The molecule has 1 aromatic carbocycles. The van der Waals surface area contributed by atoms with E-state index in [9.17, 15) is 14.4 Å². The van der Waals surface area contributed by atoms with E-state index in [-0.39, 0.29) is 24.8 Å². The fourth-order valence-electron chi connectivity index (χ4n) is 2.62. The normalized spacial score (nSPS) is 18.0. The van der Waals surface area contributed by atoms with Crippen LogP contribution in [0.25, 0.3) is 0 Å². The second-order valence-corrected chi connectivity index (χ2v) is 5.90. The largest absolute Gasteiger partial charge is 0.469 e. The summed E-state index contributed by atoms with van der Waals surface area (Å²) in [7, 11) is 1.28. The molecule has 1 aliphatic rings. The van der Waals surface area contributed by atoms with Crippen molar-refractivity contribution in [1.82, 2.24) is 10.2 Å². The molecule has 2 rings (SSSR count). The number of carbonyl (C=O) groups is 3. The highest BCUT2D eigenvalue weighted by molar-refractivity contribution is 5.93. The first-order chi connectivity index (χ1) is 11.4. The number of nitrogens with zero attached hydrogens (tertiary/aromatic N) is 1. The van der Waals surface area contributed by atoms with E-state index in [4.69, 9.17) is 0 Å².